The Morgan fingerprint density at radius 1 is 1.21 bits per heavy atom. The predicted octanol–water partition coefficient (Wildman–Crippen LogP) is 7.90. The van der Waals surface area contributed by atoms with Gasteiger partial charge in [-0.25, -0.2) is 4.79 Å². The van der Waals surface area contributed by atoms with Crippen molar-refractivity contribution < 1.29 is 19.1 Å². The van der Waals surface area contributed by atoms with E-state index in [9.17, 15) is 9.59 Å². The maximum Gasteiger partial charge on any atom is 0.410 e. The van der Waals surface area contributed by atoms with Crippen molar-refractivity contribution >= 4 is 11.9 Å². The van der Waals surface area contributed by atoms with Gasteiger partial charge in [0.1, 0.15) is 5.60 Å². The number of carbonyl (C=O) groups is 2. The SMILES string of the molecule is CC(C)C1CCC2(C)/C(=C/CCOCc3ccccc3)C1N(C(=O)OC(C)(C)C)C[C@H]2CC1=CCCCC1=O. The lowest BCUT2D eigenvalue weighted by molar-refractivity contribution is -0.116. The van der Waals surface area contributed by atoms with Crippen molar-refractivity contribution in [3.05, 3.63) is 59.2 Å². The summed E-state index contributed by atoms with van der Waals surface area (Å²) in [5.74, 6) is 1.28. The van der Waals surface area contributed by atoms with Crippen LogP contribution in [-0.4, -0.2) is 41.6 Å². The Morgan fingerprint density at radius 2 is 1.95 bits per heavy atom. The molecule has 214 valence electrons. The minimum atomic E-state index is -0.563. The molecule has 1 amide bonds. The molecule has 1 aromatic rings. The highest BCUT2D eigenvalue weighted by Crippen LogP contribution is 2.56. The molecule has 1 aliphatic heterocycles. The van der Waals surface area contributed by atoms with Crippen molar-refractivity contribution in [3.63, 3.8) is 0 Å². The second-order valence-electron chi connectivity index (χ2n) is 13.4. The molecule has 0 aromatic heterocycles. The van der Waals surface area contributed by atoms with Gasteiger partial charge >= 0.3 is 6.09 Å². The molecule has 2 fully saturated rings. The fourth-order valence-corrected chi connectivity index (χ4v) is 6.92. The first kappa shape index (κ1) is 29.6. The van der Waals surface area contributed by atoms with Crippen LogP contribution in [0.2, 0.25) is 0 Å². The number of Topliss-reactive ketones (excluding diaryl/α,β-unsaturated/α-hetero) is 1. The molecule has 5 nitrogen and oxygen atoms in total. The molecule has 3 aliphatic rings. The number of hydrogen-bond acceptors (Lipinski definition) is 4. The zero-order valence-electron chi connectivity index (χ0n) is 25.0. The average molecular weight is 536 g/mol. The van der Waals surface area contributed by atoms with Crippen molar-refractivity contribution in [2.75, 3.05) is 13.2 Å². The summed E-state index contributed by atoms with van der Waals surface area (Å²) in [5.41, 5.74) is 2.86. The number of nitrogens with zero attached hydrogens (tertiary/aromatic N) is 1. The van der Waals surface area contributed by atoms with Gasteiger partial charge in [0.05, 0.1) is 19.3 Å². The fraction of sp³-hybridized carbons (Fsp3) is 0.647. The van der Waals surface area contributed by atoms with Crippen molar-refractivity contribution in [2.24, 2.45) is 23.2 Å². The number of amides is 1. The summed E-state index contributed by atoms with van der Waals surface area (Å²) in [4.78, 5) is 28.6. The third-order valence-electron chi connectivity index (χ3n) is 9.08. The number of likely N-dealkylation sites (tertiary alicyclic amines) is 1. The van der Waals surface area contributed by atoms with Gasteiger partial charge < -0.3 is 14.4 Å². The molecule has 0 radical (unpaired) electrons. The van der Waals surface area contributed by atoms with Crippen LogP contribution in [0.3, 0.4) is 0 Å². The van der Waals surface area contributed by atoms with Crippen molar-refractivity contribution in [2.45, 2.75) is 105 Å². The molecule has 0 spiro atoms. The Morgan fingerprint density at radius 3 is 2.62 bits per heavy atom. The van der Waals surface area contributed by atoms with E-state index in [1.165, 1.54) is 11.1 Å². The number of rotatable bonds is 8. The molecule has 1 saturated carbocycles. The molecule has 39 heavy (non-hydrogen) atoms. The first-order valence-corrected chi connectivity index (χ1v) is 15.0. The topological polar surface area (TPSA) is 55.8 Å². The number of fused-ring (bicyclic) bond motifs is 2. The second-order valence-corrected chi connectivity index (χ2v) is 13.4. The maximum absolute atomic E-state index is 13.7. The first-order chi connectivity index (χ1) is 18.5. The normalized spacial score (nSPS) is 28.5. The molecule has 4 rings (SSSR count). The van der Waals surface area contributed by atoms with Gasteiger partial charge in [-0.3, -0.25) is 4.79 Å². The van der Waals surface area contributed by atoms with Gasteiger partial charge in [-0.15, -0.1) is 0 Å². The second kappa shape index (κ2) is 12.4. The lowest BCUT2D eigenvalue weighted by Gasteiger charge is -2.59. The largest absolute Gasteiger partial charge is 0.444 e. The predicted molar refractivity (Wildman–Crippen MR) is 156 cm³/mol. The third-order valence-corrected chi connectivity index (χ3v) is 9.08. The van der Waals surface area contributed by atoms with E-state index in [1.807, 2.05) is 43.9 Å². The van der Waals surface area contributed by atoms with E-state index in [0.717, 1.165) is 44.1 Å². The van der Waals surface area contributed by atoms with Gasteiger partial charge in [-0.2, -0.15) is 0 Å². The van der Waals surface area contributed by atoms with E-state index in [2.05, 4.69) is 45.1 Å². The first-order valence-electron chi connectivity index (χ1n) is 15.0. The van der Waals surface area contributed by atoms with E-state index in [1.54, 1.807) is 0 Å². The van der Waals surface area contributed by atoms with Gasteiger partial charge in [0.25, 0.3) is 0 Å². The Labute approximate surface area is 236 Å². The van der Waals surface area contributed by atoms with E-state index >= 15 is 0 Å². The van der Waals surface area contributed by atoms with Crippen LogP contribution in [0.4, 0.5) is 4.79 Å². The number of carbonyl (C=O) groups excluding carboxylic acids is 2. The van der Waals surface area contributed by atoms with Gasteiger partial charge in [0, 0.05) is 13.0 Å². The standard InChI is InChI=1S/C34H49NO4/c1-24(2)28-18-19-34(6)27(21-26-15-10-11-17-30(26)36)22-35(32(37)39-33(3,4)5)31(28)29(34)16-12-20-38-23-25-13-8-7-9-14-25/h7-9,13-16,24,27-28,31H,10-12,17-23H2,1-6H3/b29-16+/t27-,28?,31?,34?/m1/s1. The number of allylic oxidation sites excluding steroid dienone is 2. The monoisotopic (exact) mass is 535 g/mol. The molecular weight excluding hydrogens is 486 g/mol. The van der Waals surface area contributed by atoms with Gasteiger partial charge in [-0.1, -0.05) is 63.3 Å². The number of piperidine rings is 1. The van der Waals surface area contributed by atoms with Crippen LogP contribution in [0.15, 0.2) is 53.6 Å². The summed E-state index contributed by atoms with van der Waals surface area (Å²) in [6.45, 7) is 14.6. The van der Waals surface area contributed by atoms with Gasteiger partial charge in [0.2, 0.25) is 0 Å². The van der Waals surface area contributed by atoms with Crippen LogP contribution < -0.4 is 0 Å². The Bertz CT molecular complexity index is 1070. The van der Waals surface area contributed by atoms with Crippen LogP contribution in [0.5, 0.6) is 0 Å². The molecule has 1 saturated heterocycles. The lowest BCUT2D eigenvalue weighted by atomic mass is 9.54. The number of benzene rings is 1. The summed E-state index contributed by atoms with van der Waals surface area (Å²) in [6, 6.07) is 10.3. The third kappa shape index (κ3) is 7.03. The van der Waals surface area contributed by atoms with Crippen LogP contribution in [0.1, 0.15) is 92.1 Å². The molecule has 1 heterocycles. The zero-order chi connectivity index (χ0) is 28.2. The van der Waals surface area contributed by atoms with Crippen molar-refractivity contribution in [3.8, 4) is 0 Å². The molecule has 5 heteroatoms. The van der Waals surface area contributed by atoms with Gasteiger partial charge in [-0.05, 0) is 99.2 Å². The van der Waals surface area contributed by atoms with E-state index in [-0.39, 0.29) is 29.3 Å². The molecule has 3 unspecified atom stereocenters. The zero-order valence-corrected chi connectivity index (χ0v) is 25.0. The van der Waals surface area contributed by atoms with Crippen LogP contribution >= 0.6 is 0 Å². The maximum atomic E-state index is 13.7. The molecular formula is C34H49NO4. The van der Waals surface area contributed by atoms with E-state index < -0.39 is 5.60 Å². The summed E-state index contributed by atoms with van der Waals surface area (Å²) in [6.07, 6.45) is 10.5. The Kier molecular flexibility index (Phi) is 9.41. The molecule has 2 aliphatic carbocycles. The van der Waals surface area contributed by atoms with Crippen LogP contribution in [-0.2, 0) is 20.9 Å². The quantitative estimate of drug-likeness (QED) is 0.251. The summed E-state index contributed by atoms with van der Waals surface area (Å²) in [7, 11) is 0. The average Bonchev–Trinajstić information content (AvgIpc) is 2.86. The smallest absolute Gasteiger partial charge is 0.410 e. The summed E-state index contributed by atoms with van der Waals surface area (Å²) >= 11 is 0. The minimum absolute atomic E-state index is 0.0139. The van der Waals surface area contributed by atoms with Crippen molar-refractivity contribution in [1.29, 1.82) is 0 Å². The highest BCUT2D eigenvalue weighted by atomic mass is 16.6. The fourth-order valence-electron chi connectivity index (χ4n) is 6.92. The summed E-state index contributed by atoms with van der Waals surface area (Å²) < 4.78 is 12.0. The van der Waals surface area contributed by atoms with Gasteiger partial charge in [0.15, 0.2) is 5.78 Å². The Balaban J connectivity index is 1.64. The highest BCUT2D eigenvalue weighted by Gasteiger charge is 2.55. The minimum Gasteiger partial charge on any atom is -0.444 e. The van der Waals surface area contributed by atoms with E-state index in [4.69, 9.17) is 9.47 Å². The lowest BCUT2D eigenvalue weighted by Crippen LogP contribution is -2.62. The Hall–Kier alpha value is -2.40. The van der Waals surface area contributed by atoms with Crippen molar-refractivity contribution in [1.82, 2.24) is 4.90 Å². The molecule has 0 N–H and O–H groups in total. The molecule has 2 bridgehead atoms. The van der Waals surface area contributed by atoms with E-state index in [0.29, 0.717) is 38.0 Å². The number of ketones is 1. The van der Waals surface area contributed by atoms with Crippen LogP contribution in [0.25, 0.3) is 0 Å². The number of hydrogen-bond donors (Lipinski definition) is 0. The highest BCUT2D eigenvalue weighted by molar-refractivity contribution is 5.96. The molecule has 4 atom stereocenters. The summed E-state index contributed by atoms with van der Waals surface area (Å²) in [5, 5.41) is 0. The van der Waals surface area contributed by atoms with Crippen LogP contribution in [0, 0.1) is 23.2 Å². The number of ether oxygens (including phenoxy) is 2. The molecule has 1 aromatic carbocycles.